The molecule has 0 spiro atoms. The van der Waals surface area contributed by atoms with Gasteiger partial charge in [-0.2, -0.15) is 0 Å². The summed E-state index contributed by atoms with van der Waals surface area (Å²) >= 11 is 1.73. The number of nitrogens with one attached hydrogen (secondary N) is 1. The Morgan fingerprint density at radius 3 is 2.43 bits per heavy atom. The van der Waals surface area contributed by atoms with Gasteiger partial charge in [0.05, 0.1) is 0 Å². The summed E-state index contributed by atoms with van der Waals surface area (Å²) in [5.74, 6) is 0. The first-order valence-corrected chi connectivity index (χ1v) is 7.99. The van der Waals surface area contributed by atoms with Gasteiger partial charge in [-0.3, -0.25) is 4.72 Å². The summed E-state index contributed by atoms with van der Waals surface area (Å²) in [6.45, 7) is 5.15. The van der Waals surface area contributed by atoms with Crippen LogP contribution in [0.25, 0.3) is 10.8 Å². The van der Waals surface area contributed by atoms with Crippen LogP contribution in [0.1, 0.15) is 16.7 Å². The Bertz CT molecular complexity index is 747. The van der Waals surface area contributed by atoms with Gasteiger partial charge in [0.25, 0.3) is 0 Å². The molecule has 0 aromatic heterocycles. The summed E-state index contributed by atoms with van der Waals surface area (Å²) < 4.78 is 3.49. The number of hydrogen-bond donors (Lipinski definition) is 1. The zero-order valence-corrected chi connectivity index (χ0v) is 13.2. The maximum absolute atomic E-state index is 3.49. The van der Waals surface area contributed by atoms with Gasteiger partial charge in [-0.05, 0) is 47.7 Å². The molecule has 0 radical (unpaired) electrons. The third-order valence-corrected chi connectivity index (χ3v) is 4.68. The molecule has 3 aromatic rings. The highest BCUT2D eigenvalue weighted by Crippen LogP contribution is 2.29. The minimum atomic E-state index is 0.869. The quantitative estimate of drug-likeness (QED) is 0.659. The van der Waals surface area contributed by atoms with Crippen LogP contribution in [0.5, 0.6) is 0 Å². The zero-order valence-electron chi connectivity index (χ0n) is 12.4. The number of aryl methyl sites for hydroxylation is 2. The molecule has 3 aromatic carbocycles. The molecule has 106 valence electrons. The zero-order chi connectivity index (χ0) is 14.7. The summed E-state index contributed by atoms with van der Waals surface area (Å²) in [5, 5.41) is 2.61. The Balaban J connectivity index is 1.76. The van der Waals surface area contributed by atoms with Crippen molar-refractivity contribution in [3.05, 3.63) is 77.4 Å². The van der Waals surface area contributed by atoms with E-state index in [1.54, 1.807) is 11.9 Å². The molecule has 3 rings (SSSR count). The molecular weight excluding hydrogens is 274 g/mol. The van der Waals surface area contributed by atoms with Crippen LogP contribution >= 0.6 is 11.9 Å². The van der Waals surface area contributed by atoms with E-state index in [9.17, 15) is 0 Å². The Morgan fingerprint density at radius 2 is 1.62 bits per heavy atom. The first-order valence-electron chi connectivity index (χ1n) is 7.17. The van der Waals surface area contributed by atoms with Gasteiger partial charge in [0.15, 0.2) is 0 Å². The first-order chi connectivity index (χ1) is 10.2. The van der Waals surface area contributed by atoms with Crippen LogP contribution in [0.15, 0.2) is 65.6 Å². The number of rotatable bonds is 4. The van der Waals surface area contributed by atoms with E-state index in [0.29, 0.717) is 0 Å². The second-order valence-electron chi connectivity index (χ2n) is 5.34. The fourth-order valence-corrected chi connectivity index (χ4v) is 3.29. The molecule has 2 heteroatoms. The molecule has 0 aliphatic rings. The molecule has 0 heterocycles. The van der Waals surface area contributed by atoms with Crippen molar-refractivity contribution in [3.63, 3.8) is 0 Å². The maximum atomic E-state index is 3.49. The Labute approximate surface area is 130 Å². The van der Waals surface area contributed by atoms with Gasteiger partial charge < -0.3 is 0 Å². The summed E-state index contributed by atoms with van der Waals surface area (Å²) in [7, 11) is 0. The van der Waals surface area contributed by atoms with E-state index in [1.165, 1.54) is 32.4 Å². The van der Waals surface area contributed by atoms with Gasteiger partial charge >= 0.3 is 0 Å². The highest BCUT2D eigenvalue weighted by Gasteiger charge is 2.05. The molecule has 0 bridgehead atoms. The predicted octanol–water partition coefficient (Wildman–Crippen LogP) is 5.25. The topological polar surface area (TPSA) is 12.0 Å². The second-order valence-corrected chi connectivity index (χ2v) is 6.24. The van der Waals surface area contributed by atoms with Crippen LogP contribution in [0, 0.1) is 13.8 Å². The smallest absolute Gasteiger partial charge is 0.0335 e. The monoisotopic (exact) mass is 293 g/mol. The summed E-state index contributed by atoms with van der Waals surface area (Å²) in [6, 6.07) is 21.6. The SMILES string of the molecule is Cc1ccc(CNSc2c(C)ccc3ccccc23)cc1. The van der Waals surface area contributed by atoms with Crippen LogP contribution in [0.2, 0.25) is 0 Å². The molecule has 21 heavy (non-hydrogen) atoms. The molecular formula is C19H19NS. The first kappa shape index (κ1) is 14.2. The van der Waals surface area contributed by atoms with Crippen molar-refractivity contribution in [2.45, 2.75) is 25.3 Å². The summed E-state index contributed by atoms with van der Waals surface area (Å²) in [4.78, 5) is 1.32. The van der Waals surface area contributed by atoms with E-state index in [1.807, 2.05) is 0 Å². The van der Waals surface area contributed by atoms with E-state index in [0.717, 1.165) is 6.54 Å². The van der Waals surface area contributed by atoms with Crippen LogP contribution < -0.4 is 4.72 Å². The largest absolute Gasteiger partial charge is 0.255 e. The minimum absolute atomic E-state index is 0.869. The van der Waals surface area contributed by atoms with Gasteiger partial charge in [-0.15, -0.1) is 0 Å². The van der Waals surface area contributed by atoms with Crippen molar-refractivity contribution in [2.75, 3.05) is 0 Å². The van der Waals surface area contributed by atoms with Crippen molar-refractivity contribution in [1.82, 2.24) is 4.72 Å². The lowest BCUT2D eigenvalue weighted by molar-refractivity contribution is 0.974. The molecule has 1 N–H and O–H groups in total. The average molecular weight is 293 g/mol. The van der Waals surface area contributed by atoms with Crippen LogP contribution in [0.4, 0.5) is 0 Å². The van der Waals surface area contributed by atoms with Gasteiger partial charge in [0.1, 0.15) is 0 Å². The number of benzene rings is 3. The lowest BCUT2D eigenvalue weighted by Crippen LogP contribution is -2.03. The molecule has 0 unspecified atom stereocenters. The molecule has 0 saturated carbocycles. The Morgan fingerprint density at radius 1 is 0.857 bits per heavy atom. The van der Waals surface area contributed by atoms with Crippen LogP contribution in [-0.4, -0.2) is 0 Å². The normalized spacial score (nSPS) is 11.0. The fourth-order valence-electron chi connectivity index (χ4n) is 2.39. The van der Waals surface area contributed by atoms with Gasteiger partial charge in [-0.25, -0.2) is 0 Å². The fraction of sp³-hybridized carbons (Fsp3) is 0.158. The Hall–Kier alpha value is -1.77. The number of fused-ring (bicyclic) bond motifs is 1. The van der Waals surface area contributed by atoms with Gasteiger partial charge in [-0.1, -0.05) is 66.2 Å². The Kier molecular flexibility index (Phi) is 4.28. The maximum Gasteiger partial charge on any atom is 0.0335 e. The van der Waals surface area contributed by atoms with E-state index in [2.05, 4.69) is 79.2 Å². The molecule has 0 fully saturated rings. The highest BCUT2D eigenvalue weighted by molar-refractivity contribution is 7.97. The van der Waals surface area contributed by atoms with E-state index in [-0.39, 0.29) is 0 Å². The van der Waals surface area contributed by atoms with Crippen molar-refractivity contribution < 1.29 is 0 Å². The van der Waals surface area contributed by atoms with Crippen LogP contribution in [0.3, 0.4) is 0 Å². The second kappa shape index (κ2) is 6.33. The molecule has 0 aliphatic heterocycles. The van der Waals surface area contributed by atoms with Crippen molar-refractivity contribution in [2.24, 2.45) is 0 Å². The lowest BCUT2D eigenvalue weighted by atomic mass is 10.1. The minimum Gasteiger partial charge on any atom is -0.255 e. The van der Waals surface area contributed by atoms with Crippen molar-refractivity contribution in [3.8, 4) is 0 Å². The lowest BCUT2D eigenvalue weighted by Gasteiger charge is -2.11. The van der Waals surface area contributed by atoms with E-state index >= 15 is 0 Å². The summed E-state index contributed by atoms with van der Waals surface area (Å²) in [6.07, 6.45) is 0. The predicted molar refractivity (Wildman–Crippen MR) is 92.6 cm³/mol. The molecule has 0 saturated heterocycles. The molecule has 1 nitrogen and oxygen atoms in total. The van der Waals surface area contributed by atoms with Crippen LogP contribution in [-0.2, 0) is 6.54 Å². The van der Waals surface area contributed by atoms with Gasteiger partial charge in [0.2, 0.25) is 0 Å². The molecule has 0 amide bonds. The standard InChI is InChI=1S/C19H19NS/c1-14-7-10-16(11-8-14)13-20-21-19-15(2)9-12-17-5-3-4-6-18(17)19/h3-12,20H,13H2,1-2H3. The van der Waals surface area contributed by atoms with Crippen molar-refractivity contribution in [1.29, 1.82) is 0 Å². The van der Waals surface area contributed by atoms with E-state index < -0.39 is 0 Å². The van der Waals surface area contributed by atoms with Crippen molar-refractivity contribution >= 4 is 22.7 Å². The number of hydrogen-bond acceptors (Lipinski definition) is 2. The third-order valence-electron chi connectivity index (χ3n) is 3.65. The third kappa shape index (κ3) is 3.29. The highest BCUT2D eigenvalue weighted by atomic mass is 32.2. The average Bonchev–Trinajstić information content (AvgIpc) is 2.51. The molecule has 0 aliphatic carbocycles. The molecule has 0 atom stereocenters. The van der Waals surface area contributed by atoms with E-state index in [4.69, 9.17) is 0 Å². The van der Waals surface area contributed by atoms with Gasteiger partial charge in [0, 0.05) is 11.4 Å². The summed E-state index contributed by atoms with van der Waals surface area (Å²) in [5.41, 5.74) is 3.93.